The molecule has 4 heteroatoms. The van der Waals surface area contributed by atoms with E-state index < -0.39 is 0 Å². The molecule has 4 aliphatic carbocycles. The number of amides is 1. The largest absolute Gasteiger partial charge is 0.369 e. The third-order valence-electron chi connectivity index (χ3n) is 5.92. The van der Waals surface area contributed by atoms with E-state index in [0.29, 0.717) is 5.92 Å². The third kappa shape index (κ3) is 1.69. The Morgan fingerprint density at radius 1 is 1.37 bits per heavy atom. The van der Waals surface area contributed by atoms with Crippen LogP contribution in [-0.2, 0) is 11.2 Å². The Hall–Kier alpha value is -0.900. The second kappa shape index (κ2) is 4.05. The Bertz CT molecular complexity index is 484. The summed E-state index contributed by atoms with van der Waals surface area (Å²) >= 11 is 1.71. The number of nitrogens with zero attached hydrogens (tertiary/aromatic N) is 1. The number of carbonyl (C=O) groups is 1. The first-order chi connectivity index (χ1) is 9.17. The van der Waals surface area contributed by atoms with Crippen LogP contribution in [0.25, 0.3) is 0 Å². The predicted octanol–water partition coefficient (Wildman–Crippen LogP) is 2.61. The van der Waals surface area contributed by atoms with E-state index in [2.05, 4.69) is 4.98 Å². The number of primary amides is 1. The van der Waals surface area contributed by atoms with Gasteiger partial charge in [-0.25, -0.2) is 0 Å². The summed E-state index contributed by atoms with van der Waals surface area (Å²) in [6.45, 7) is 0. The molecular weight excluding hydrogens is 256 g/mol. The van der Waals surface area contributed by atoms with Gasteiger partial charge in [-0.2, -0.15) is 0 Å². The zero-order valence-electron chi connectivity index (χ0n) is 11.0. The summed E-state index contributed by atoms with van der Waals surface area (Å²) in [5.74, 6) is 2.70. The van der Waals surface area contributed by atoms with Crippen LogP contribution in [0.1, 0.15) is 37.0 Å². The number of carbonyl (C=O) groups excluding carboxylic acids is 1. The van der Waals surface area contributed by atoms with Crippen LogP contribution < -0.4 is 5.73 Å². The predicted molar refractivity (Wildman–Crippen MR) is 74.5 cm³/mol. The topological polar surface area (TPSA) is 56.0 Å². The molecule has 0 spiro atoms. The summed E-state index contributed by atoms with van der Waals surface area (Å²) in [7, 11) is 0. The van der Waals surface area contributed by atoms with Crippen LogP contribution in [-0.4, -0.2) is 10.9 Å². The molecule has 1 aromatic heterocycles. The van der Waals surface area contributed by atoms with Crippen LogP contribution in [0.3, 0.4) is 0 Å². The van der Waals surface area contributed by atoms with Crippen molar-refractivity contribution in [2.75, 3.05) is 0 Å². The Morgan fingerprint density at radius 3 is 2.68 bits per heavy atom. The van der Waals surface area contributed by atoms with E-state index in [4.69, 9.17) is 5.73 Å². The summed E-state index contributed by atoms with van der Waals surface area (Å²) < 4.78 is 0. The molecule has 1 aromatic rings. The van der Waals surface area contributed by atoms with Crippen molar-refractivity contribution in [1.29, 1.82) is 0 Å². The third-order valence-corrected chi connectivity index (χ3v) is 6.72. The first kappa shape index (κ1) is 11.9. The van der Waals surface area contributed by atoms with Gasteiger partial charge in [0.2, 0.25) is 5.91 Å². The maximum absolute atomic E-state index is 12.2. The van der Waals surface area contributed by atoms with E-state index in [1.165, 1.54) is 24.1 Å². The molecule has 0 saturated heterocycles. The summed E-state index contributed by atoms with van der Waals surface area (Å²) in [5, 5.41) is 0. The van der Waals surface area contributed by atoms with E-state index >= 15 is 0 Å². The second-order valence-corrected chi connectivity index (χ2v) is 7.88. The molecule has 2 N–H and O–H groups in total. The van der Waals surface area contributed by atoms with Gasteiger partial charge in [-0.3, -0.25) is 9.78 Å². The smallest absolute Gasteiger partial charge is 0.223 e. The molecule has 5 rings (SSSR count). The van der Waals surface area contributed by atoms with Gasteiger partial charge >= 0.3 is 0 Å². The minimum Gasteiger partial charge on any atom is -0.369 e. The van der Waals surface area contributed by atoms with Crippen LogP contribution >= 0.6 is 11.3 Å². The molecule has 3 atom stereocenters. The van der Waals surface area contributed by atoms with Gasteiger partial charge in [-0.1, -0.05) is 0 Å². The molecule has 19 heavy (non-hydrogen) atoms. The van der Waals surface area contributed by atoms with Crippen molar-refractivity contribution in [1.82, 2.24) is 4.98 Å². The van der Waals surface area contributed by atoms with Gasteiger partial charge in [0.25, 0.3) is 0 Å². The zero-order valence-corrected chi connectivity index (χ0v) is 11.9. The summed E-state index contributed by atoms with van der Waals surface area (Å²) in [5.41, 5.74) is 7.56. The minimum absolute atomic E-state index is 0.0267. The van der Waals surface area contributed by atoms with E-state index in [-0.39, 0.29) is 11.3 Å². The van der Waals surface area contributed by atoms with E-state index in [0.717, 1.165) is 37.0 Å². The fraction of sp³-hybridized carbons (Fsp3) is 0.733. The minimum atomic E-state index is -0.196. The fourth-order valence-electron chi connectivity index (χ4n) is 5.45. The number of rotatable bonds is 3. The molecule has 0 aromatic carbocycles. The number of aromatic nitrogens is 1. The Balaban J connectivity index is 1.69. The molecule has 1 heterocycles. The van der Waals surface area contributed by atoms with E-state index in [9.17, 15) is 4.79 Å². The lowest BCUT2D eigenvalue weighted by molar-refractivity contribution is -0.156. The molecular formula is C15H20N2OS. The van der Waals surface area contributed by atoms with Crippen LogP contribution in [0.15, 0.2) is 11.7 Å². The van der Waals surface area contributed by atoms with E-state index in [1.807, 2.05) is 11.7 Å². The number of hydrogen-bond donors (Lipinski definition) is 1. The SMILES string of the molecule is NC(=O)C12CC3CC(CC(C3)C1Cc1cncs1)C2. The normalized spacial score (nSPS) is 43.6. The van der Waals surface area contributed by atoms with Crippen molar-refractivity contribution >= 4 is 17.2 Å². The standard InChI is InChI=1S/C15H20N2OS/c16-14(18)15-5-9-1-10(6-15)3-11(2-9)13(15)4-12-7-17-8-19-12/h7-11,13H,1-6H2,(H2,16,18). The molecule has 1 amide bonds. The molecule has 4 aliphatic rings. The van der Waals surface area contributed by atoms with Crippen molar-refractivity contribution in [3.8, 4) is 0 Å². The summed E-state index contributed by atoms with van der Waals surface area (Å²) in [6, 6.07) is 0. The molecule has 0 aliphatic heterocycles. The van der Waals surface area contributed by atoms with Gasteiger partial charge in [-0.15, -0.1) is 11.3 Å². The van der Waals surface area contributed by atoms with E-state index in [1.54, 1.807) is 11.3 Å². The lowest BCUT2D eigenvalue weighted by Gasteiger charge is -2.60. The average Bonchev–Trinajstić information content (AvgIpc) is 2.85. The highest BCUT2D eigenvalue weighted by molar-refractivity contribution is 7.09. The number of thiazole rings is 1. The monoisotopic (exact) mass is 276 g/mol. The highest BCUT2D eigenvalue weighted by atomic mass is 32.1. The van der Waals surface area contributed by atoms with Gasteiger partial charge in [0.1, 0.15) is 0 Å². The van der Waals surface area contributed by atoms with Crippen molar-refractivity contribution in [2.45, 2.75) is 38.5 Å². The van der Waals surface area contributed by atoms with Crippen molar-refractivity contribution in [3.63, 3.8) is 0 Å². The number of nitrogens with two attached hydrogens (primary N) is 1. The van der Waals surface area contributed by atoms with Crippen LogP contribution in [0.5, 0.6) is 0 Å². The highest BCUT2D eigenvalue weighted by Crippen LogP contribution is 2.63. The van der Waals surface area contributed by atoms with Crippen LogP contribution in [0.2, 0.25) is 0 Å². The van der Waals surface area contributed by atoms with Gasteiger partial charge in [0.15, 0.2) is 0 Å². The lowest BCUT2D eigenvalue weighted by Crippen LogP contribution is -2.58. The molecule has 3 nitrogen and oxygen atoms in total. The zero-order chi connectivity index (χ0) is 13.0. The maximum Gasteiger partial charge on any atom is 0.223 e. The van der Waals surface area contributed by atoms with Gasteiger partial charge in [0, 0.05) is 11.1 Å². The molecule has 4 bridgehead atoms. The Labute approximate surface area is 117 Å². The van der Waals surface area contributed by atoms with Crippen molar-refractivity contribution in [2.24, 2.45) is 34.8 Å². The summed E-state index contributed by atoms with van der Waals surface area (Å²) in [6.07, 6.45) is 9.09. The van der Waals surface area contributed by atoms with Gasteiger partial charge in [-0.05, 0) is 62.2 Å². The van der Waals surface area contributed by atoms with Gasteiger partial charge < -0.3 is 5.73 Å². The Morgan fingerprint density at radius 2 is 2.11 bits per heavy atom. The average molecular weight is 276 g/mol. The van der Waals surface area contributed by atoms with Gasteiger partial charge in [0.05, 0.1) is 10.9 Å². The molecule has 3 unspecified atom stereocenters. The quantitative estimate of drug-likeness (QED) is 0.922. The molecule has 4 saturated carbocycles. The van der Waals surface area contributed by atoms with Crippen LogP contribution in [0.4, 0.5) is 0 Å². The maximum atomic E-state index is 12.2. The second-order valence-electron chi connectivity index (χ2n) is 6.91. The fourth-order valence-corrected chi connectivity index (χ4v) is 6.11. The summed E-state index contributed by atoms with van der Waals surface area (Å²) in [4.78, 5) is 17.7. The lowest BCUT2D eigenvalue weighted by atomic mass is 9.44. The Kier molecular flexibility index (Phi) is 2.53. The molecule has 102 valence electrons. The molecule has 4 fully saturated rings. The first-order valence-electron chi connectivity index (χ1n) is 7.34. The number of hydrogen-bond acceptors (Lipinski definition) is 3. The molecule has 0 radical (unpaired) electrons. The van der Waals surface area contributed by atoms with Crippen LogP contribution in [0, 0.1) is 29.1 Å². The van der Waals surface area contributed by atoms with Crippen molar-refractivity contribution < 1.29 is 4.79 Å². The highest BCUT2D eigenvalue weighted by Gasteiger charge is 2.59. The van der Waals surface area contributed by atoms with Crippen molar-refractivity contribution in [3.05, 3.63) is 16.6 Å². The first-order valence-corrected chi connectivity index (χ1v) is 8.22.